The van der Waals surface area contributed by atoms with Crippen molar-refractivity contribution in [2.45, 2.75) is 12.8 Å². The number of nitrogens with one attached hydrogen (secondary N) is 1. The molecule has 1 aliphatic heterocycles. The van der Waals surface area contributed by atoms with Gasteiger partial charge in [0, 0.05) is 0 Å². The van der Waals surface area contributed by atoms with Gasteiger partial charge >= 0.3 is 78.1 Å². The van der Waals surface area contributed by atoms with Gasteiger partial charge < -0.3 is 0 Å². The fraction of sp³-hybridized carbons (Fsp3) is 0.833. The molecule has 1 heterocycles. The number of hydrogen-bond acceptors (Lipinski definition) is 1. The third-order valence-corrected chi connectivity index (χ3v) is 3.35. The number of nitrogens with zero attached hydrogens (tertiary/aromatic N) is 1. The Balaban J connectivity index is 2.25. The Bertz CT molecular complexity index is 123. The van der Waals surface area contributed by atoms with Crippen molar-refractivity contribution in [1.29, 1.82) is 0 Å². The van der Waals surface area contributed by atoms with E-state index in [-0.39, 0.29) is 21.5 Å². The van der Waals surface area contributed by atoms with E-state index in [1.54, 1.807) is 0 Å². The molecule has 0 spiro atoms. The van der Waals surface area contributed by atoms with Gasteiger partial charge in [-0.1, -0.05) is 0 Å². The molecule has 1 rings (SSSR count). The molecule has 2 nitrogen and oxygen atoms in total. The summed E-state index contributed by atoms with van der Waals surface area (Å²) in [5.74, 6) is 0. The molecule has 60 valence electrons. The van der Waals surface area contributed by atoms with E-state index in [0.717, 1.165) is 18.2 Å². The second kappa shape index (κ2) is 4.33. The molecule has 0 aromatic rings. The van der Waals surface area contributed by atoms with Crippen LogP contribution in [0.3, 0.4) is 0 Å². The first-order valence-corrected chi connectivity index (χ1v) is 7.02. The number of likely N-dealkylation sites (tertiary alicyclic amines) is 1. The maximum atomic E-state index is 5.16. The van der Waals surface area contributed by atoms with Crippen LogP contribution in [0.5, 0.6) is 0 Å². The molecule has 0 amide bonds. The van der Waals surface area contributed by atoms with Crippen LogP contribution in [0.1, 0.15) is 12.8 Å². The van der Waals surface area contributed by atoms with E-state index in [2.05, 4.69) is 13.4 Å². The number of thiocarbonyl (C=S) groups is 1. The van der Waals surface area contributed by atoms with Gasteiger partial charge in [-0.25, -0.2) is 0 Å². The van der Waals surface area contributed by atoms with E-state index in [4.69, 9.17) is 12.2 Å². The normalized spacial score (nSPS) is 17.9. The van der Waals surface area contributed by atoms with E-state index in [1.165, 1.54) is 12.8 Å². The van der Waals surface area contributed by atoms with Crippen molar-refractivity contribution in [3.63, 3.8) is 0 Å². The predicted molar refractivity (Wildman–Crippen MR) is 42.5 cm³/mol. The summed E-state index contributed by atoms with van der Waals surface area (Å²) in [6, 6.07) is 0. The topological polar surface area (TPSA) is 15.3 Å². The Morgan fingerprint density at radius 2 is 2.10 bits per heavy atom. The minimum absolute atomic E-state index is 0.116. The SMILES string of the molecule is C[I-]NC(=S)N1CCCC1. The fourth-order valence-corrected chi connectivity index (χ4v) is 2.56. The van der Waals surface area contributed by atoms with Crippen molar-refractivity contribution in [2.75, 3.05) is 18.0 Å². The molecule has 0 aliphatic carbocycles. The number of alkyl halides is 1. The molecule has 0 atom stereocenters. The van der Waals surface area contributed by atoms with Crippen LogP contribution < -0.4 is 25.0 Å². The summed E-state index contributed by atoms with van der Waals surface area (Å²) in [6.07, 6.45) is 2.62. The van der Waals surface area contributed by atoms with E-state index >= 15 is 0 Å². The van der Waals surface area contributed by atoms with E-state index < -0.39 is 0 Å². The second-order valence-corrected chi connectivity index (χ2v) is 4.29. The van der Waals surface area contributed by atoms with Crippen LogP contribution in [0.4, 0.5) is 0 Å². The van der Waals surface area contributed by atoms with Crippen molar-refractivity contribution in [1.82, 2.24) is 8.43 Å². The van der Waals surface area contributed by atoms with Gasteiger partial charge in [0.15, 0.2) is 0 Å². The van der Waals surface area contributed by atoms with Crippen LogP contribution in [0.25, 0.3) is 0 Å². The van der Waals surface area contributed by atoms with E-state index in [1.807, 2.05) is 0 Å². The monoisotopic (exact) mass is 271 g/mol. The first kappa shape index (κ1) is 8.52. The van der Waals surface area contributed by atoms with Crippen molar-refractivity contribution in [3.05, 3.63) is 0 Å². The number of hydrogen-bond donors (Lipinski definition) is 1. The predicted octanol–water partition coefficient (Wildman–Crippen LogP) is -2.41. The molecule has 0 bridgehead atoms. The average Bonchev–Trinajstić information content (AvgIpc) is 2.38. The summed E-state index contributed by atoms with van der Waals surface area (Å²) in [4.78, 5) is 4.44. The van der Waals surface area contributed by atoms with Crippen LogP contribution in [0.15, 0.2) is 0 Å². The van der Waals surface area contributed by atoms with Gasteiger partial charge in [-0.3, -0.25) is 0 Å². The second-order valence-electron chi connectivity index (χ2n) is 2.28. The van der Waals surface area contributed by atoms with E-state index in [0.29, 0.717) is 0 Å². The molecule has 0 aromatic heterocycles. The molecule has 1 aliphatic rings. The summed E-state index contributed by atoms with van der Waals surface area (Å²) < 4.78 is 3.25. The van der Waals surface area contributed by atoms with Gasteiger partial charge in [0.1, 0.15) is 0 Å². The molecule has 4 heteroatoms. The Morgan fingerprint density at radius 1 is 1.50 bits per heavy atom. The van der Waals surface area contributed by atoms with Crippen molar-refractivity contribution >= 4 is 17.3 Å². The number of halogens is 1. The van der Waals surface area contributed by atoms with Crippen molar-refractivity contribution in [3.8, 4) is 0 Å². The first-order valence-electron chi connectivity index (χ1n) is 3.38. The third-order valence-electron chi connectivity index (χ3n) is 1.57. The minimum atomic E-state index is 0.116. The van der Waals surface area contributed by atoms with Gasteiger partial charge in [0.2, 0.25) is 0 Å². The van der Waals surface area contributed by atoms with E-state index in [9.17, 15) is 0 Å². The summed E-state index contributed by atoms with van der Waals surface area (Å²) in [5.41, 5.74) is 0. The van der Waals surface area contributed by atoms with Gasteiger partial charge in [-0.05, 0) is 0 Å². The summed E-state index contributed by atoms with van der Waals surface area (Å²) in [6.45, 7) is 2.32. The maximum absolute atomic E-state index is 5.16. The molecule has 1 fully saturated rings. The van der Waals surface area contributed by atoms with Gasteiger partial charge in [-0.2, -0.15) is 0 Å². The molecule has 1 saturated heterocycles. The quantitative estimate of drug-likeness (QED) is 0.247. The Labute approximate surface area is 78.0 Å². The zero-order valence-electron chi connectivity index (χ0n) is 6.06. The molecular weight excluding hydrogens is 259 g/mol. The van der Waals surface area contributed by atoms with Crippen LogP contribution in [-0.4, -0.2) is 28.0 Å². The van der Waals surface area contributed by atoms with Crippen LogP contribution in [-0.2, 0) is 0 Å². The molecule has 0 radical (unpaired) electrons. The third kappa shape index (κ3) is 2.23. The molecule has 1 N–H and O–H groups in total. The zero-order valence-corrected chi connectivity index (χ0v) is 9.04. The molecule has 0 aromatic carbocycles. The van der Waals surface area contributed by atoms with Crippen LogP contribution >= 0.6 is 12.2 Å². The van der Waals surface area contributed by atoms with Gasteiger partial charge in [0.25, 0.3) is 0 Å². The Kier molecular flexibility index (Phi) is 3.69. The Hall–Kier alpha value is 0.420. The van der Waals surface area contributed by atoms with Gasteiger partial charge in [-0.15, -0.1) is 0 Å². The van der Waals surface area contributed by atoms with Crippen LogP contribution in [0, 0.1) is 0 Å². The number of rotatable bonds is 1. The molecule has 0 saturated carbocycles. The zero-order chi connectivity index (χ0) is 7.40. The molecule has 10 heavy (non-hydrogen) atoms. The molecular formula is C6H12IN2S-. The average molecular weight is 271 g/mol. The van der Waals surface area contributed by atoms with Crippen molar-refractivity contribution in [2.24, 2.45) is 0 Å². The summed E-state index contributed by atoms with van der Waals surface area (Å²) >= 11 is 5.27. The first-order chi connectivity index (χ1) is 4.84. The van der Waals surface area contributed by atoms with Gasteiger partial charge in [0.05, 0.1) is 0 Å². The molecule has 0 unspecified atom stereocenters. The summed E-state index contributed by atoms with van der Waals surface area (Å²) in [5, 5.41) is 0.979. The van der Waals surface area contributed by atoms with Crippen molar-refractivity contribution < 1.29 is 21.5 Å². The fourth-order valence-electron chi connectivity index (χ4n) is 1.06. The summed E-state index contributed by atoms with van der Waals surface area (Å²) in [7, 11) is 0. The Morgan fingerprint density at radius 3 is 2.60 bits per heavy atom. The standard InChI is InChI=1S/C6H12IN2S/c1-7-8-6(10)9-4-2-3-5-9/h2-5H2,1H3,(H,8,10)/q-1. The van der Waals surface area contributed by atoms with Crippen LogP contribution in [0.2, 0.25) is 0 Å².